The molecule has 34 heavy (non-hydrogen) atoms. The number of piperidine rings is 2. The average molecular weight is 485 g/mol. The third-order valence-electron chi connectivity index (χ3n) is 7.21. The molecule has 0 aromatic heterocycles. The molecule has 0 saturated carbocycles. The minimum atomic E-state index is -0.704. The Balaban J connectivity index is 1.28. The second-order valence-electron chi connectivity index (χ2n) is 9.29. The number of carbonyl (C=O) groups is 3. The van der Waals surface area contributed by atoms with Gasteiger partial charge in [-0.25, -0.2) is 4.39 Å². The van der Waals surface area contributed by atoms with Crippen LogP contribution in [0.1, 0.15) is 58.6 Å². The Morgan fingerprint density at radius 1 is 1.12 bits per heavy atom. The molecule has 3 heterocycles. The number of anilines is 1. The largest absolute Gasteiger partial charge is 0.398 e. The Morgan fingerprint density at radius 3 is 2.59 bits per heavy atom. The monoisotopic (exact) mass is 484 g/mol. The molecule has 3 aliphatic heterocycles. The SMILES string of the molecule is Nc1cccc(Cl)c1CN1CCC(c2cc3c(cc2F)C(=O)N(C2CCC(=O)NC2=O)C3)CC1. The van der Waals surface area contributed by atoms with E-state index in [1.165, 1.54) is 11.0 Å². The predicted octanol–water partition coefficient (Wildman–Crippen LogP) is 3.20. The normalized spacial score (nSPS) is 21.6. The summed E-state index contributed by atoms with van der Waals surface area (Å²) in [7, 11) is 0. The first-order chi connectivity index (χ1) is 16.3. The van der Waals surface area contributed by atoms with E-state index in [0.717, 1.165) is 37.1 Å². The highest BCUT2D eigenvalue weighted by atomic mass is 35.5. The summed E-state index contributed by atoms with van der Waals surface area (Å²) < 4.78 is 15.1. The number of likely N-dealkylation sites (tertiary alicyclic amines) is 1. The van der Waals surface area contributed by atoms with Gasteiger partial charge in [-0.3, -0.25) is 24.6 Å². The fourth-order valence-corrected chi connectivity index (χ4v) is 5.53. The molecule has 2 aromatic rings. The fourth-order valence-electron chi connectivity index (χ4n) is 5.29. The number of halogens is 2. The maximum atomic E-state index is 15.1. The highest BCUT2D eigenvalue weighted by Crippen LogP contribution is 2.36. The Morgan fingerprint density at radius 2 is 1.88 bits per heavy atom. The lowest BCUT2D eigenvalue weighted by Gasteiger charge is -2.33. The van der Waals surface area contributed by atoms with E-state index >= 15 is 4.39 Å². The predicted molar refractivity (Wildman–Crippen MR) is 126 cm³/mol. The highest BCUT2D eigenvalue weighted by Gasteiger charge is 2.40. The van der Waals surface area contributed by atoms with E-state index in [2.05, 4.69) is 10.2 Å². The van der Waals surface area contributed by atoms with E-state index in [4.69, 9.17) is 17.3 Å². The van der Waals surface area contributed by atoms with Crippen molar-refractivity contribution in [1.29, 1.82) is 0 Å². The quantitative estimate of drug-likeness (QED) is 0.513. The standard InChI is InChI=1S/C25H26ClFN4O3/c26-19-2-1-3-21(28)18(19)13-30-8-6-14(7-9-30)16-10-15-12-31(25(34)17(15)11-20(16)27)22-4-5-23(32)29-24(22)33/h1-3,10-11,14,22H,4-9,12-13,28H2,(H,29,32,33). The lowest BCUT2D eigenvalue weighted by molar-refractivity contribution is -0.136. The van der Waals surface area contributed by atoms with Crippen LogP contribution < -0.4 is 11.1 Å². The molecule has 7 nitrogen and oxygen atoms in total. The number of nitrogens with zero attached hydrogens (tertiary/aromatic N) is 2. The smallest absolute Gasteiger partial charge is 0.255 e. The van der Waals surface area contributed by atoms with Gasteiger partial charge in [0.1, 0.15) is 11.9 Å². The van der Waals surface area contributed by atoms with Gasteiger partial charge < -0.3 is 10.6 Å². The van der Waals surface area contributed by atoms with E-state index in [1.54, 1.807) is 6.07 Å². The Labute approximate surface area is 202 Å². The molecule has 0 bridgehead atoms. The minimum absolute atomic E-state index is 0.0462. The lowest BCUT2D eigenvalue weighted by Crippen LogP contribution is -2.52. The molecule has 0 aliphatic carbocycles. The van der Waals surface area contributed by atoms with Gasteiger partial charge in [-0.1, -0.05) is 23.7 Å². The van der Waals surface area contributed by atoms with Crippen LogP contribution in [0.5, 0.6) is 0 Å². The van der Waals surface area contributed by atoms with Crippen LogP contribution in [0.3, 0.4) is 0 Å². The summed E-state index contributed by atoms with van der Waals surface area (Å²) in [5, 5.41) is 2.94. The zero-order valence-electron chi connectivity index (χ0n) is 18.7. The van der Waals surface area contributed by atoms with Crippen molar-refractivity contribution in [2.75, 3.05) is 18.8 Å². The first kappa shape index (κ1) is 22.8. The van der Waals surface area contributed by atoms with E-state index in [-0.39, 0.29) is 42.9 Å². The summed E-state index contributed by atoms with van der Waals surface area (Å²) in [4.78, 5) is 40.3. The Kier molecular flexibility index (Phi) is 6.04. The number of nitrogen functional groups attached to an aromatic ring is 1. The number of nitrogens with one attached hydrogen (secondary N) is 1. The van der Waals surface area contributed by atoms with E-state index in [9.17, 15) is 14.4 Å². The molecular formula is C25H26ClFN4O3. The molecule has 3 amide bonds. The van der Waals surface area contributed by atoms with Gasteiger partial charge in [0.2, 0.25) is 11.8 Å². The third kappa shape index (κ3) is 4.16. The first-order valence-corrected chi connectivity index (χ1v) is 11.9. The maximum absolute atomic E-state index is 15.1. The second-order valence-corrected chi connectivity index (χ2v) is 9.70. The summed E-state index contributed by atoms with van der Waals surface area (Å²) >= 11 is 6.31. The molecule has 3 aliphatic rings. The van der Waals surface area contributed by atoms with Gasteiger partial charge in [0.25, 0.3) is 5.91 Å². The number of carbonyl (C=O) groups excluding carboxylic acids is 3. The number of nitrogens with two attached hydrogens (primary N) is 1. The number of hydrogen-bond donors (Lipinski definition) is 2. The van der Waals surface area contributed by atoms with Crippen molar-refractivity contribution in [3.63, 3.8) is 0 Å². The van der Waals surface area contributed by atoms with Gasteiger partial charge in [0, 0.05) is 41.3 Å². The molecule has 0 spiro atoms. The van der Waals surface area contributed by atoms with Crippen molar-refractivity contribution >= 4 is 35.0 Å². The molecule has 178 valence electrons. The van der Waals surface area contributed by atoms with E-state index < -0.39 is 11.9 Å². The Hall–Kier alpha value is -2.97. The molecular weight excluding hydrogens is 459 g/mol. The van der Waals surface area contributed by atoms with Crippen LogP contribution in [-0.2, 0) is 22.7 Å². The summed E-state index contributed by atoms with van der Waals surface area (Å²) in [6.45, 7) is 2.47. The fraction of sp³-hybridized carbons (Fsp3) is 0.400. The average Bonchev–Trinajstić information content (AvgIpc) is 3.11. The number of rotatable bonds is 4. The first-order valence-electron chi connectivity index (χ1n) is 11.5. The molecule has 3 N–H and O–H groups in total. The Bertz CT molecular complexity index is 1160. The van der Waals surface area contributed by atoms with Crippen molar-refractivity contribution in [2.24, 2.45) is 0 Å². The number of fused-ring (bicyclic) bond motifs is 1. The van der Waals surface area contributed by atoms with E-state index in [0.29, 0.717) is 28.4 Å². The minimum Gasteiger partial charge on any atom is -0.398 e. The second kappa shape index (κ2) is 9.00. The number of amides is 3. The van der Waals surface area contributed by atoms with Crippen molar-refractivity contribution in [1.82, 2.24) is 15.1 Å². The van der Waals surface area contributed by atoms with Crippen LogP contribution in [0.2, 0.25) is 5.02 Å². The molecule has 9 heteroatoms. The summed E-state index contributed by atoms with van der Waals surface area (Å²) in [6.07, 6.45) is 2.04. The number of imide groups is 1. The third-order valence-corrected chi connectivity index (χ3v) is 7.56. The van der Waals surface area contributed by atoms with Crippen molar-refractivity contribution in [3.05, 3.63) is 63.4 Å². The molecule has 0 radical (unpaired) electrons. The van der Waals surface area contributed by atoms with Gasteiger partial charge in [0.15, 0.2) is 0 Å². The molecule has 2 fully saturated rings. The van der Waals surface area contributed by atoms with Gasteiger partial charge in [-0.15, -0.1) is 0 Å². The van der Waals surface area contributed by atoms with E-state index in [1.807, 2.05) is 18.2 Å². The summed E-state index contributed by atoms with van der Waals surface area (Å²) in [5.41, 5.74) is 9.33. The van der Waals surface area contributed by atoms with Gasteiger partial charge in [-0.05, 0) is 67.6 Å². The number of benzene rings is 2. The van der Waals surface area contributed by atoms with Crippen molar-refractivity contribution in [2.45, 2.75) is 50.7 Å². The molecule has 2 saturated heterocycles. The van der Waals surface area contributed by atoms with Crippen LogP contribution in [0.25, 0.3) is 0 Å². The topological polar surface area (TPSA) is 95.7 Å². The van der Waals surface area contributed by atoms with Gasteiger partial charge in [-0.2, -0.15) is 0 Å². The van der Waals surface area contributed by atoms with Gasteiger partial charge in [0.05, 0.1) is 0 Å². The summed E-state index contributed by atoms with van der Waals surface area (Å²) in [6, 6.07) is 7.91. The summed E-state index contributed by atoms with van der Waals surface area (Å²) in [5.74, 6) is -1.50. The number of hydrogen-bond acceptors (Lipinski definition) is 5. The molecule has 2 aromatic carbocycles. The van der Waals surface area contributed by atoms with Crippen LogP contribution in [0, 0.1) is 5.82 Å². The van der Waals surface area contributed by atoms with Crippen LogP contribution in [-0.4, -0.2) is 46.7 Å². The van der Waals surface area contributed by atoms with Crippen LogP contribution >= 0.6 is 11.6 Å². The zero-order valence-corrected chi connectivity index (χ0v) is 19.4. The zero-order chi connectivity index (χ0) is 24.0. The highest BCUT2D eigenvalue weighted by molar-refractivity contribution is 6.31. The van der Waals surface area contributed by atoms with Crippen LogP contribution in [0.4, 0.5) is 10.1 Å². The molecule has 5 rings (SSSR count). The lowest BCUT2D eigenvalue weighted by atomic mass is 9.87. The van der Waals surface area contributed by atoms with Crippen molar-refractivity contribution < 1.29 is 18.8 Å². The van der Waals surface area contributed by atoms with Crippen LogP contribution in [0.15, 0.2) is 30.3 Å². The molecule has 1 unspecified atom stereocenters. The van der Waals surface area contributed by atoms with Crippen molar-refractivity contribution in [3.8, 4) is 0 Å². The molecule has 1 atom stereocenters. The van der Waals surface area contributed by atoms with Gasteiger partial charge >= 0.3 is 0 Å². The maximum Gasteiger partial charge on any atom is 0.255 e.